The van der Waals surface area contributed by atoms with Crippen LogP contribution in [-0.2, 0) is 11.3 Å². The number of carbonyl (C=O) groups excluding carboxylic acids is 3. The third-order valence-electron chi connectivity index (χ3n) is 5.17. The van der Waals surface area contributed by atoms with Gasteiger partial charge in [-0.15, -0.1) is 5.10 Å². The van der Waals surface area contributed by atoms with E-state index in [1.807, 2.05) is 26.0 Å². The Morgan fingerprint density at radius 1 is 1.29 bits per heavy atom. The highest BCUT2D eigenvalue weighted by Crippen LogP contribution is 2.25. The molecule has 0 bridgehead atoms. The van der Waals surface area contributed by atoms with Gasteiger partial charge in [0.1, 0.15) is 11.8 Å². The number of nitrogens with two attached hydrogens (primary N) is 1. The minimum absolute atomic E-state index is 0.0230. The second-order valence-corrected chi connectivity index (χ2v) is 7.83. The molecule has 1 fully saturated rings. The number of fused-ring (bicyclic) bond motifs is 1. The number of methoxy groups -OCH3 is 1. The number of rotatable bonds is 5. The van der Waals surface area contributed by atoms with Crippen LogP contribution in [-0.4, -0.2) is 53.1 Å². The number of ether oxygens (including phenoxy) is 1. The molecule has 2 aromatic rings. The molecule has 11 nitrogen and oxygen atoms in total. The highest BCUT2D eigenvalue weighted by molar-refractivity contribution is 6.04. The molecule has 200 valence electrons. The van der Waals surface area contributed by atoms with E-state index in [2.05, 4.69) is 39.3 Å². The van der Waals surface area contributed by atoms with Crippen molar-refractivity contribution >= 4 is 29.4 Å². The van der Waals surface area contributed by atoms with Crippen molar-refractivity contribution in [2.75, 3.05) is 19.9 Å². The van der Waals surface area contributed by atoms with Gasteiger partial charge in [-0.1, -0.05) is 55.6 Å². The van der Waals surface area contributed by atoms with Crippen LogP contribution in [0.2, 0.25) is 0 Å². The van der Waals surface area contributed by atoms with E-state index < -0.39 is 12.1 Å². The molecule has 0 saturated carbocycles. The summed E-state index contributed by atoms with van der Waals surface area (Å²) in [5, 5.41) is 12.0. The normalized spacial score (nSPS) is 16.1. The van der Waals surface area contributed by atoms with Gasteiger partial charge in [-0.05, 0) is 36.3 Å². The van der Waals surface area contributed by atoms with Gasteiger partial charge in [0.2, 0.25) is 5.89 Å². The smallest absolute Gasteiger partial charge is 0.322 e. The van der Waals surface area contributed by atoms with Gasteiger partial charge in [0.05, 0.1) is 7.11 Å². The Balaban J connectivity index is 0.000000284. The first-order valence-corrected chi connectivity index (χ1v) is 11.8. The van der Waals surface area contributed by atoms with Gasteiger partial charge in [0.25, 0.3) is 11.8 Å². The predicted molar refractivity (Wildman–Crippen MR) is 144 cm³/mol. The number of nitrogens with one attached hydrogen (secondary N) is 2. The maximum Gasteiger partial charge on any atom is 0.322 e. The monoisotopic (exact) mass is 520 g/mol. The molecular weight excluding hydrogens is 488 g/mol. The SMILES string of the molecule is C=C/C(=C\C=C(/C)C#CCC1NC(=O)NC1=O)c1nnc(N)o1.CC.COc1ccc2c(c1)C(=O)N(C)C2. The van der Waals surface area contributed by atoms with E-state index in [4.69, 9.17) is 14.9 Å². The summed E-state index contributed by atoms with van der Waals surface area (Å²) in [7, 11) is 3.40. The molecule has 0 radical (unpaired) electrons. The average molecular weight is 521 g/mol. The minimum Gasteiger partial charge on any atom is -0.497 e. The number of nitrogens with zero attached hydrogens (tertiary/aromatic N) is 3. The van der Waals surface area contributed by atoms with Crippen molar-refractivity contribution in [3.8, 4) is 17.6 Å². The number of hydrogen-bond donors (Lipinski definition) is 3. The third-order valence-corrected chi connectivity index (χ3v) is 5.17. The van der Waals surface area contributed by atoms with Crippen LogP contribution in [0.15, 0.2) is 53.0 Å². The van der Waals surface area contributed by atoms with Crippen LogP contribution in [0.3, 0.4) is 0 Å². The van der Waals surface area contributed by atoms with Crippen molar-refractivity contribution in [3.63, 3.8) is 0 Å². The summed E-state index contributed by atoms with van der Waals surface area (Å²) in [5.74, 6) is 6.45. The molecule has 38 heavy (non-hydrogen) atoms. The zero-order valence-corrected chi connectivity index (χ0v) is 22.1. The minimum atomic E-state index is -0.608. The maximum absolute atomic E-state index is 11.5. The quantitative estimate of drug-likeness (QED) is 0.309. The number of imide groups is 1. The molecule has 2 aliphatic rings. The Bertz CT molecular complexity index is 1310. The van der Waals surface area contributed by atoms with E-state index in [1.54, 1.807) is 50.3 Å². The molecule has 1 atom stereocenters. The Morgan fingerprint density at radius 3 is 2.61 bits per heavy atom. The number of hydrogen-bond acceptors (Lipinski definition) is 8. The standard InChI is InChI=1S/C15H15N5O3.C10H11NO2.C2H6/c1-3-10(13-19-20-14(16)23-13)8-7-9(2)5-4-6-11-12(21)18-15(22)17-11;1-11-6-7-3-4-8(13-2)5-9(7)10(11)12;1-2/h3,7-8,11H,1,6H2,2H3,(H2,16,20)(H2,17,18,21,22);3-5H,6H2,1-2H3;1-2H3/b9-7+,10-8+;;. The van der Waals surface area contributed by atoms with E-state index >= 15 is 0 Å². The van der Waals surface area contributed by atoms with Gasteiger partial charge in [-0.25, -0.2) is 4.79 Å². The third kappa shape index (κ3) is 7.83. The second kappa shape index (κ2) is 14.0. The van der Waals surface area contributed by atoms with Crippen molar-refractivity contribution in [2.24, 2.45) is 0 Å². The molecule has 4 N–H and O–H groups in total. The van der Waals surface area contributed by atoms with E-state index in [0.29, 0.717) is 12.1 Å². The van der Waals surface area contributed by atoms with Crippen LogP contribution in [0.1, 0.15) is 49.0 Å². The summed E-state index contributed by atoms with van der Waals surface area (Å²) < 4.78 is 10.2. The Morgan fingerprint density at radius 2 is 2.03 bits per heavy atom. The topological polar surface area (TPSA) is 153 Å². The molecule has 0 aliphatic carbocycles. The molecular formula is C27H32N6O5. The fraction of sp³-hybridized carbons (Fsp3) is 0.296. The number of allylic oxidation sites excluding steroid dienone is 5. The molecule has 3 heterocycles. The fourth-order valence-electron chi connectivity index (χ4n) is 3.28. The Hall–Kier alpha value is -4.85. The summed E-state index contributed by atoms with van der Waals surface area (Å²) in [6.45, 7) is 10.2. The molecule has 1 aromatic carbocycles. The van der Waals surface area contributed by atoms with Crippen molar-refractivity contribution < 1.29 is 23.5 Å². The molecule has 0 spiro atoms. The lowest BCUT2D eigenvalue weighted by atomic mass is 10.1. The van der Waals surface area contributed by atoms with Crippen LogP contribution in [0.25, 0.3) is 5.57 Å². The number of benzene rings is 1. The number of nitrogen functional groups attached to an aromatic ring is 1. The van der Waals surface area contributed by atoms with Crippen LogP contribution in [0.4, 0.5) is 10.8 Å². The average Bonchev–Trinajstić information content (AvgIpc) is 3.57. The summed E-state index contributed by atoms with van der Waals surface area (Å²) in [5.41, 5.74) is 8.57. The van der Waals surface area contributed by atoms with Crippen molar-refractivity contribution in [1.82, 2.24) is 25.7 Å². The molecule has 4 rings (SSSR count). The number of carbonyl (C=O) groups is 3. The summed E-state index contributed by atoms with van der Waals surface area (Å²) >= 11 is 0. The zero-order chi connectivity index (χ0) is 28.2. The molecule has 1 aromatic heterocycles. The van der Waals surface area contributed by atoms with E-state index in [0.717, 1.165) is 22.4 Å². The number of amides is 4. The molecule has 1 unspecified atom stereocenters. The number of anilines is 1. The van der Waals surface area contributed by atoms with Crippen molar-refractivity contribution in [3.05, 3.63) is 65.6 Å². The zero-order valence-electron chi connectivity index (χ0n) is 22.1. The summed E-state index contributed by atoms with van der Waals surface area (Å²) in [6.07, 6.45) is 5.26. The van der Waals surface area contributed by atoms with Crippen LogP contribution in [0.5, 0.6) is 5.75 Å². The lowest BCUT2D eigenvalue weighted by Crippen LogP contribution is -2.28. The van der Waals surface area contributed by atoms with Gasteiger partial charge in [-0.2, -0.15) is 0 Å². The Kier molecular flexibility index (Phi) is 10.8. The molecule has 2 aliphatic heterocycles. The lowest BCUT2D eigenvalue weighted by Gasteiger charge is -2.04. The fourth-order valence-corrected chi connectivity index (χ4v) is 3.28. The first kappa shape index (κ1) is 29.4. The highest BCUT2D eigenvalue weighted by atomic mass is 16.5. The lowest BCUT2D eigenvalue weighted by molar-refractivity contribution is -0.120. The summed E-state index contributed by atoms with van der Waals surface area (Å²) in [6, 6.07) is 4.49. The van der Waals surface area contributed by atoms with Gasteiger partial charge >= 0.3 is 12.0 Å². The number of urea groups is 1. The molecule has 11 heteroatoms. The summed E-state index contributed by atoms with van der Waals surface area (Å²) in [4.78, 5) is 35.5. The van der Waals surface area contributed by atoms with Gasteiger partial charge < -0.3 is 25.1 Å². The maximum atomic E-state index is 11.5. The van der Waals surface area contributed by atoms with Crippen LogP contribution >= 0.6 is 0 Å². The number of aromatic nitrogens is 2. The molecule has 4 amide bonds. The van der Waals surface area contributed by atoms with Gasteiger partial charge in [0.15, 0.2) is 0 Å². The van der Waals surface area contributed by atoms with E-state index in [9.17, 15) is 14.4 Å². The predicted octanol–water partition coefficient (Wildman–Crippen LogP) is 3.08. The van der Waals surface area contributed by atoms with E-state index in [1.165, 1.54) is 0 Å². The van der Waals surface area contributed by atoms with Crippen molar-refractivity contribution in [2.45, 2.75) is 39.8 Å². The Labute approximate surface area is 221 Å². The highest BCUT2D eigenvalue weighted by Gasteiger charge is 2.28. The first-order chi connectivity index (χ1) is 18.2. The van der Waals surface area contributed by atoms with Crippen LogP contribution < -0.4 is 21.1 Å². The first-order valence-electron chi connectivity index (χ1n) is 11.8. The van der Waals surface area contributed by atoms with Gasteiger partial charge in [-0.3, -0.25) is 14.9 Å². The van der Waals surface area contributed by atoms with Crippen LogP contribution in [0, 0.1) is 11.8 Å². The largest absolute Gasteiger partial charge is 0.497 e. The molecule has 1 saturated heterocycles. The van der Waals surface area contributed by atoms with Crippen molar-refractivity contribution in [1.29, 1.82) is 0 Å². The van der Waals surface area contributed by atoms with Gasteiger partial charge in [0, 0.05) is 31.1 Å². The van der Waals surface area contributed by atoms with E-state index in [-0.39, 0.29) is 30.1 Å². The second-order valence-electron chi connectivity index (χ2n) is 7.83.